The minimum absolute atomic E-state index is 0.0494. The number of nitrogens with two attached hydrogens (primary N) is 1. The quantitative estimate of drug-likeness (QED) is 0.621. The highest BCUT2D eigenvalue weighted by Crippen LogP contribution is 2.37. The topological polar surface area (TPSA) is 78.2 Å². The maximum Gasteiger partial charge on any atom is 0.242 e. The molecule has 27 heavy (non-hydrogen) atoms. The molecule has 0 unspecified atom stereocenters. The highest BCUT2D eigenvalue weighted by Gasteiger charge is 2.23. The van der Waals surface area contributed by atoms with Gasteiger partial charge in [-0.2, -0.15) is 0 Å². The lowest BCUT2D eigenvalue weighted by molar-refractivity contribution is 0.423. The van der Waals surface area contributed by atoms with E-state index in [-0.39, 0.29) is 28.2 Å². The molecule has 0 bridgehead atoms. The molecule has 0 spiro atoms. The highest BCUT2D eigenvalue weighted by molar-refractivity contribution is 7.71. The summed E-state index contributed by atoms with van der Waals surface area (Å²) in [6.45, 7) is 0.692. The van der Waals surface area contributed by atoms with Gasteiger partial charge >= 0.3 is 0 Å². The average Bonchev–Trinajstić information content (AvgIpc) is 2.91. The maximum absolute atomic E-state index is 14.7. The highest BCUT2D eigenvalue weighted by atomic mass is 35.5. The van der Waals surface area contributed by atoms with Crippen molar-refractivity contribution in [3.8, 4) is 23.2 Å². The SMILES string of the molecule is Nc1cccnc1Oc1cc(-n2c(O)c3n(c2=S)CCCC3)c(F)cc1Cl. The summed E-state index contributed by atoms with van der Waals surface area (Å²) < 4.78 is 23.8. The molecule has 3 aromatic rings. The molecule has 0 amide bonds. The molecule has 140 valence electrons. The van der Waals surface area contributed by atoms with E-state index < -0.39 is 5.82 Å². The number of nitrogens with zero attached hydrogens (tertiary/aromatic N) is 3. The van der Waals surface area contributed by atoms with E-state index in [1.807, 2.05) is 4.57 Å². The van der Waals surface area contributed by atoms with Gasteiger partial charge in [-0.25, -0.2) is 9.37 Å². The summed E-state index contributed by atoms with van der Waals surface area (Å²) >= 11 is 11.6. The van der Waals surface area contributed by atoms with Crippen LogP contribution < -0.4 is 10.5 Å². The van der Waals surface area contributed by atoms with Crippen LogP contribution in [0.2, 0.25) is 5.02 Å². The van der Waals surface area contributed by atoms with E-state index in [4.69, 9.17) is 34.3 Å². The van der Waals surface area contributed by atoms with Crippen molar-refractivity contribution in [2.75, 3.05) is 5.73 Å². The fourth-order valence-electron chi connectivity index (χ4n) is 3.19. The Morgan fingerprint density at radius 1 is 1.33 bits per heavy atom. The lowest BCUT2D eigenvalue weighted by Crippen LogP contribution is -2.09. The van der Waals surface area contributed by atoms with Gasteiger partial charge in [0.05, 0.1) is 22.1 Å². The van der Waals surface area contributed by atoms with E-state index >= 15 is 0 Å². The Bertz CT molecular complexity index is 1100. The molecule has 0 saturated heterocycles. The van der Waals surface area contributed by atoms with E-state index in [1.165, 1.54) is 16.8 Å². The molecular weight excluding hydrogens is 391 g/mol. The van der Waals surface area contributed by atoms with Crippen molar-refractivity contribution in [1.29, 1.82) is 0 Å². The number of aromatic hydroxyl groups is 1. The number of pyridine rings is 1. The zero-order valence-electron chi connectivity index (χ0n) is 14.2. The second kappa shape index (κ2) is 6.86. The van der Waals surface area contributed by atoms with Crippen molar-refractivity contribution in [1.82, 2.24) is 14.1 Å². The molecule has 1 aliphatic rings. The van der Waals surface area contributed by atoms with Crippen LogP contribution in [0.5, 0.6) is 17.5 Å². The summed E-state index contributed by atoms with van der Waals surface area (Å²) in [6, 6.07) is 5.80. The summed E-state index contributed by atoms with van der Waals surface area (Å²) in [5.41, 5.74) is 6.91. The monoisotopic (exact) mass is 406 g/mol. The Morgan fingerprint density at radius 2 is 2.15 bits per heavy atom. The van der Waals surface area contributed by atoms with Crippen LogP contribution in [-0.2, 0) is 13.0 Å². The van der Waals surface area contributed by atoms with Crippen molar-refractivity contribution >= 4 is 29.5 Å². The number of fused-ring (bicyclic) bond motifs is 1. The molecule has 3 heterocycles. The maximum atomic E-state index is 14.7. The smallest absolute Gasteiger partial charge is 0.242 e. The van der Waals surface area contributed by atoms with Gasteiger partial charge in [0.25, 0.3) is 0 Å². The number of rotatable bonds is 3. The molecule has 1 aliphatic heterocycles. The van der Waals surface area contributed by atoms with Gasteiger partial charge in [-0.1, -0.05) is 11.6 Å². The summed E-state index contributed by atoms with van der Waals surface area (Å²) in [5, 5.41) is 10.7. The van der Waals surface area contributed by atoms with Crippen LogP contribution in [0.3, 0.4) is 0 Å². The summed E-state index contributed by atoms with van der Waals surface area (Å²) in [7, 11) is 0. The number of halogens is 2. The van der Waals surface area contributed by atoms with Gasteiger partial charge in [-0.15, -0.1) is 0 Å². The van der Waals surface area contributed by atoms with Gasteiger partial charge < -0.3 is 20.1 Å². The minimum atomic E-state index is -0.629. The van der Waals surface area contributed by atoms with Gasteiger partial charge in [-0.3, -0.25) is 4.57 Å². The second-order valence-electron chi connectivity index (χ2n) is 6.23. The number of nitrogen functional groups attached to an aromatic ring is 1. The molecule has 6 nitrogen and oxygen atoms in total. The van der Waals surface area contributed by atoms with Crippen LogP contribution in [0.1, 0.15) is 18.5 Å². The number of anilines is 1. The lowest BCUT2D eigenvalue weighted by Gasteiger charge is -2.12. The lowest BCUT2D eigenvalue weighted by atomic mass is 10.1. The summed E-state index contributed by atoms with van der Waals surface area (Å²) in [5.74, 6) is -0.384. The summed E-state index contributed by atoms with van der Waals surface area (Å²) in [6.07, 6.45) is 4.11. The van der Waals surface area contributed by atoms with Crippen LogP contribution >= 0.6 is 23.8 Å². The average molecular weight is 407 g/mol. The fraction of sp³-hybridized carbons (Fsp3) is 0.222. The second-order valence-corrected chi connectivity index (χ2v) is 7.00. The third-order valence-corrected chi connectivity index (χ3v) is 5.21. The molecule has 2 aromatic heterocycles. The van der Waals surface area contributed by atoms with Crippen molar-refractivity contribution in [3.05, 3.63) is 51.8 Å². The number of benzene rings is 1. The Balaban J connectivity index is 1.85. The van der Waals surface area contributed by atoms with Gasteiger partial charge in [0.1, 0.15) is 11.6 Å². The molecule has 1 aromatic carbocycles. The van der Waals surface area contributed by atoms with Crippen LogP contribution in [0.25, 0.3) is 5.69 Å². The van der Waals surface area contributed by atoms with Gasteiger partial charge in [0.2, 0.25) is 11.8 Å². The first-order chi connectivity index (χ1) is 13.0. The van der Waals surface area contributed by atoms with Crippen LogP contribution in [0.4, 0.5) is 10.1 Å². The van der Waals surface area contributed by atoms with Crippen LogP contribution in [0, 0.1) is 10.6 Å². The van der Waals surface area contributed by atoms with Crippen molar-refractivity contribution < 1.29 is 14.2 Å². The Morgan fingerprint density at radius 3 is 2.89 bits per heavy atom. The molecule has 3 N–H and O–H groups in total. The van der Waals surface area contributed by atoms with Gasteiger partial charge in [0, 0.05) is 18.8 Å². The van der Waals surface area contributed by atoms with E-state index in [9.17, 15) is 9.50 Å². The van der Waals surface area contributed by atoms with Crippen LogP contribution in [0.15, 0.2) is 30.5 Å². The van der Waals surface area contributed by atoms with E-state index in [1.54, 1.807) is 12.1 Å². The molecule has 9 heteroatoms. The first-order valence-electron chi connectivity index (χ1n) is 8.38. The van der Waals surface area contributed by atoms with Crippen LogP contribution in [-0.4, -0.2) is 19.2 Å². The number of imidazole rings is 1. The molecule has 0 saturated carbocycles. The largest absolute Gasteiger partial charge is 0.493 e. The zero-order chi connectivity index (χ0) is 19.1. The molecule has 4 rings (SSSR count). The first kappa shape index (κ1) is 17.8. The number of hydrogen-bond donors (Lipinski definition) is 2. The predicted molar refractivity (Wildman–Crippen MR) is 103 cm³/mol. The van der Waals surface area contributed by atoms with E-state index in [2.05, 4.69) is 4.98 Å². The number of hydrogen-bond acceptors (Lipinski definition) is 5. The van der Waals surface area contributed by atoms with E-state index in [0.717, 1.165) is 18.9 Å². The molecule has 0 atom stereocenters. The Kier molecular flexibility index (Phi) is 4.53. The van der Waals surface area contributed by atoms with Crippen molar-refractivity contribution in [2.45, 2.75) is 25.8 Å². The van der Waals surface area contributed by atoms with E-state index in [0.29, 0.717) is 29.1 Å². The van der Waals surface area contributed by atoms with Crippen molar-refractivity contribution in [2.24, 2.45) is 0 Å². The molecular formula is C18H16ClFN4O2S. The Hall–Kier alpha value is -2.58. The summed E-state index contributed by atoms with van der Waals surface area (Å²) in [4.78, 5) is 4.05. The predicted octanol–water partition coefficient (Wildman–Crippen LogP) is 4.61. The standard InChI is InChI=1S/C18H16ClFN4O2S/c19-10-8-11(20)14(9-15(10)26-16-12(21)4-3-6-22-16)24-17(25)13-5-1-2-7-23(13)18(24)27/h3-4,6,8-9,25H,1-2,5,7,21H2. The molecule has 0 fully saturated rings. The molecule has 0 radical (unpaired) electrons. The number of aromatic nitrogens is 3. The fourth-order valence-corrected chi connectivity index (χ4v) is 3.77. The zero-order valence-corrected chi connectivity index (χ0v) is 15.7. The third kappa shape index (κ3) is 3.04. The third-order valence-electron chi connectivity index (χ3n) is 4.51. The normalized spacial score (nSPS) is 13.4. The molecule has 0 aliphatic carbocycles. The van der Waals surface area contributed by atoms with Gasteiger partial charge in [-0.05, 0) is 49.7 Å². The van der Waals surface area contributed by atoms with Gasteiger partial charge in [0.15, 0.2) is 4.77 Å². The number of ether oxygens (including phenoxy) is 1. The Labute approximate surface area is 164 Å². The minimum Gasteiger partial charge on any atom is -0.493 e. The van der Waals surface area contributed by atoms with Crippen molar-refractivity contribution in [3.63, 3.8) is 0 Å². The first-order valence-corrected chi connectivity index (χ1v) is 9.17.